The molecule has 1 aromatic heterocycles. The van der Waals surface area contributed by atoms with Gasteiger partial charge in [-0.15, -0.1) is 0 Å². The highest BCUT2D eigenvalue weighted by Crippen LogP contribution is 2.28. The molecule has 34 heavy (non-hydrogen) atoms. The van der Waals surface area contributed by atoms with E-state index in [2.05, 4.69) is 15.0 Å². The zero-order valence-electron chi connectivity index (χ0n) is 19.1. The first kappa shape index (κ1) is 24.2. The lowest BCUT2D eigenvalue weighted by Gasteiger charge is -2.11. The predicted molar refractivity (Wildman–Crippen MR) is 127 cm³/mol. The second kappa shape index (κ2) is 10.9. The van der Waals surface area contributed by atoms with Crippen LogP contribution in [-0.4, -0.2) is 21.8 Å². The fraction of sp³-hybridized carbons (Fsp3) is 0.200. The lowest BCUT2D eigenvalue weighted by Crippen LogP contribution is -2.19. The van der Waals surface area contributed by atoms with E-state index in [0.29, 0.717) is 22.9 Å². The molecular formula is C25H25FN6O2. The molecule has 0 unspecified atom stereocenters. The first-order chi connectivity index (χ1) is 16.2. The van der Waals surface area contributed by atoms with Crippen LogP contribution >= 0.6 is 0 Å². The number of benzene rings is 2. The Morgan fingerprint density at radius 1 is 1.06 bits per heavy atom. The van der Waals surface area contributed by atoms with Gasteiger partial charge in [-0.05, 0) is 50.6 Å². The van der Waals surface area contributed by atoms with Crippen LogP contribution in [0, 0.1) is 24.1 Å². The van der Waals surface area contributed by atoms with Gasteiger partial charge in [-0.2, -0.15) is 5.26 Å². The molecule has 4 N–H and O–H groups in total. The van der Waals surface area contributed by atoms with Crippen molar-refractivity contribution >= 4 is 11.5 Å². The maximum absolute atomic E-state index is 14.1. The van der Waals surface area contributed by atoms with Crippen molar-refractivity contribution in [3.8, 4) is 23.3 Å². The number of halogens is 1. The van der Waals surface area contributed by atoms with Crippen LogP contribution in [0.4, 0.5) is 4.39 Å². The Bertz CT molecular complexity index is 1250. The van der Waals surface area contributed by atoms with Crippen molar-refractivity contribution in [1.29, 1.82) is 5.26 Å². The number of aliphatic imine (C=N–C) groups is 1. The second-order valence-electron chi connectivity index (χ2n) is 7.68. The SMILES string of the molecule is Cc1ncc(COc2cc(F)cc(Oc3ccc(/C(N)=C(\C#N)C(N)=NC(C)C)cc3)c2)cn1. The molecule has 0 aliphatic carbocycles. The van der Waals surface area contributed by atoms with Crippen LogP contribution < -0.4 is 20.9 Å². The van der Waals surface area contributed by atoms with Crippen molar-refractivity contribution in [2.75, 3.05) is 0 Å². The fourth-order valence-corrected chi connectivity index (χ4v) is 2.92. The largest absolute Gasteiger partial charge is 0.489 e. The average molecular weight is 461 g/mol. The highest BCUT2D eigenvalue weighted by molar-refractivity contribution is 6.07. The number of aromatic nitrogens is 2. The summed E-state index contributed by atoms with van der Waals surface area (Å²) in [6.07, 6.45) is 3.31. The molecule has 0 radical (unpaired) electrons. The van der Waals surface area contributed by atoms with Crippen LogP contribution in [0.15, 0.2) is 65.4 Å². The molecule has 3 rings (SSSR count). The van der Waals surface area contributed by atoms with Gasteiger partial charge in [0.15, 0.2) is 0 Å². The van der Waals surface area contributed by atoms with E-state index in [4.69, 9.17) is 20.9 Å². The molecule has 2 aromatic carbocycles. The Kier molecular flexibility index (Phi) is 7.77. The fourth-order valence-electron chi connectivity index (χ4n) is 2.92. The Labute approximate surface area is 197 Å². The van der Waals surface area contributed by atoms with Crippen LogP contribution in [0.5, 0.6) is 17.2 Å². The van der Waals surface area contributed by atoms with E-state index in [9.17, 15) is 9.65 Å². The molecule has 1 heterocycles. The van der Waals surface area contributed by atoms with Crippen molar-refractivity contribution in [3.05, 3.63) is 83.2 Å². The van der Waals surface area contributed by atoms with Gasteiger partial charge in [-0.3, -0.25) is 4.99 Å². The Hall–Kier alpha value is -4.45. The normalized spacial score (nSPS) is 12.2. The van der Waals surface area contributed by atoms with Crippen LogP contribution in [0.25, 0.3) is 5.70 Å². The topological polar surface area (TPSA) is 132 Å². The molecule has 0 saturated carbocycles. The van der Waals surface area contributed by atoms with E-state index in [1.54, 1.807) is 49.6 Å². The number of hydrogen-bond acceptors (Lipinski definition) is 7. The molecule has 3 aromatic rings. The average Bonchev–Trinajstić information content (AvgIpc) is 2.79. The molecule has 0 aliphatic rings. The minimum Gasteiger partial charge on any atom is -0.489 e. The van der Waals surface area contributed by atoms with Crippen molar-refractivity contribution < 1.29 is 13.9 Å². The van der Waals surface area contributed by atoms with Gasteiger partial charge < -0.3 is 20.9 Å². The molecule has 0 bridgehead atoms. The molecule has 0 spiro atoms. The molecule has 0 atom stereocenters. The first-order valence-electron chi connectivity index (χ1n) is 10.5. The zero-order chi connectivity index (χ0) is 24.7. The smallest absolute Gasteiger partial charge is 0.138 e. The molecule has 0 amide bonds. The quantitative estimate of drug-likeness (QED) is 0.292. The lowest BCUT2D eigenvalue weighted by molar-refractivity contribution is 0.301. The Morgan fingerprint density at radius 2 is 1.71 bits per heavy atom. The standard InChI is InChI=1S/C25H25FN6O2/c1-15(2)32-25(29)23(11-27)24(28)18-4-6-20(7-5-18)34-22-9-19(26)8-21(10-22)33-14-17-12-30-16(3)31-13-17/h4-10,12-13,15H,14,28H2,1-3H3,(H2,29,32)/b24-23-. The van der Waals surface area contributed by atoms with E-state index < -0.39 is 5.82 Å². The number of ether oxygens (including phenoxy) is 2. The van der Waals surface area contributed by atoms with Crippen LogP contribution in [0.2, 0.25) is 0 Å². The third-order valence-corrected chi connectivity index (χ3v) is 4.52. The van der Waals surface area contributed by atoms with Gasteiger partial charge in [-0.25, -0.2) is 14.4 Å². The summed E-state index contributed by atoms with van der Waals surface area (Å²) >= 11 is 0. The minimum atomic E-state index is -0.505. The van der Waals surface area contributed by atoms with Gasteiger partial charge in [0.25, 0.3) is 0 Å². The number of nitriles is 1. The number of nitrogens with two attached hydrogens (primary N) is 2. The number of nitrogens with zero attached hydrogens (tertiary/aromatic N) is 4. The highest BCUT2D eigenvalue weighted by Gasteiger charge is 2.11. The predicted octanol–water partition coefficient (Wildman–Crippen LogP) is 4.25. The van der Waals surface area contributed by atoms with E-state index >= 15 is 0 Å². The second-order valence-corrected chi connectivity index (χ2v) is 7.68. The van der Waals surface area contributed by atoms with E-state index in [0.717, 1.165) is 5.56 Å². The minimum absolute atomic E-state index is 0.0720. The summed E-state index contributed by atoms with van der Waals surface area (Å²) in [6.45, 7) is 5.68. The van der Waals surface area contributed by atoms with Crippen LogP contribution in [-0.2, 0) is 6.61 Å². The van der Waals surface area contributed by atoms with Crippen LogP contribution in [0.1, 0.15) is 30.8 Å². The number of hydrogen-bond donors (Lipinski definition) is 2. The molecule has 174 valence electrons. The summed E-state index contributed by atoms with van der Waals surface area (Å²) in [5, 5.41) is 9.44. The van der Waals surface area contributed by atoms with Gasteiger partial charge in [0.1, 0.15) is 53.0 Å². The van der Waals surface area contributed by atoms with Crippen molar-refractivity contribution in [1.82, 2.24) is 9.97 Å². The third kappa shape index (κ3) is 6.53. The summed E-state index contributed by atoms with van der Waals surface area (Å²) in [5.41, 5.74) is 13.7. The number of aryl methyl sites for hydroxylation is 1. The van der Waals surface area contributed by atoms with Crippen LogP contribution in [0.3, 0.4) is 0 Å². The van der Waals surface area contributed by atoms with Gasteiger partial charge in [-0.1, -0.05) is 0 Å². The summed E-state index contributed by atoms with van der Waals surface area (Å²) in [4.78, 5) is 12.4. The Balaban J connectivity index is 1.74. The monoisotopic (exact) mass is 460 g/mol. The van der Waals surface area contributed by atoms with E-state index in [-0.39, 0.29) is 35.5 Å². The Morgan fingerprint density at radius 3 is 2.32 bits per heavy atom. The zero-order valence-corrected chi connectivity index (χ0v) is 19.1. The lowest BCUT2D eigenvalue weighted by atomic mass is 10.1. The molecule has 0 fully saturated rings. The molecule has 9 heteroatoms. The van der Waals surface area contributed by atoms with Crippen molar-refractivity contribution in [2.45, 2.75) is 33.4 Å². The number of amidine groups is 1. The molecule has 8 nitrogen and oxygen atoms in total. The van der Waals surface area contributed by atoms with E-state index in [1.165, 1.54) is 12.1 Å². The van der Waals surface area contributed by atoms with Gasteiger partial charge in [0.2, 0.25) is 0 Å². The van der Waals surface area contributed by atoms with Gasteiger partial charge in [0.05, 0.1) is 5.70 Å². The summed E-state index contributed by atoms with van der Waals surface area (Å²) < 4.78 is 25.5. The van der Waals surface area contributed by atoms with Crippen molar-refractivity contribution in [2.24, 2.45) is 16.5 Å². The third-order valence-electron chi connectivity index (χ3n) is 4.52. The molecule has 0 saturated heterocycles. The van der Waals surface area contributed by atoms with Gasteiger partial charge >= 0.3 is 0 Å². The molecular weight excluding hydrogens is 435 g/mol. The first-order valence-corrected chi connectivity index (χ1v) is 10.5. The number of rotatable bonds is 8. The molecule has 0 aliphatic heterocycles. The van der Waals surface area contributed by atoms with Gasteiger partial charge in [0, 0.05) is 42.2 Å². The maximum Gasteiger partial charge on any atom is 0.138 e. The summed E-state index contributed by atoms with van der Waals surface area (Å²) in [7, 11) is 0. The summed E-state index contributed by atoms with van der Waals surface area (Å²) in [5.74, 6) is 1.25. The van der Waals surface area contributed by atoms with E-state index in [1.807, 2.05) is 19.9 Å². The highest BCUT2D eigenvalue weighted by atomic mass is 19.1. The summed E-state index contributed by atoms with van der Waals surface area (Å²) in [6, 6.07) is 12.7. The van der Waals surface area contributed by atoms with Crippen molar-refractivity contribution in [3.63, 3.8) is 0 Å². The maximum atomic E-state index is 14.1.